The second kappa shape index (κ2) is 5.04. The zero-order valence-corrected chi connectivity index (χ0v) is 10.9. The number of aryl methyl sites for hydroxylation is 3. The Hall–Kier alpha value is -2.10. The van der Waals surface area contributed by atoms with E-state index in [1.807, 2.05) is 43.5 Å². The van der Waals surface area contributed by atoms with Crippen LogP contribution in [0.5, 0.6) is 0 Å². The summed E-state index contributed by atoms with van der Waals surface area (Å²) >= 11 is 0. The summed E-state index contributed by atoms with van der Waals surface area (Å²) in [6.07, 6.45) is 3.50. The zero-order valence-electron chi connectivity index (χ0n) is 10.9. The van der Waals surface area contributed by atoms with Crippen molar-refractivity contribution in [2.24, 2.45) is 0 Å². The maximum Gasteiger partial charge on any atom is 0.244 e. The van der Waals surface area contributed by atoms with Gasteiger partial charge in [-0.3, -0.25) is 4.79 Å². The molecule has 4 heteroatoms. The van der Waals surface area contributed by atoms with Crippen LogP contribution in [0.25, 0.3) is 0 Å². The predicted octanol–water partition coefficient (Wildman–Crippen LogP) is 2.45. The van der Waals surface area contributed by atoms with Gasteiger partial charge in [-0.2, -0.15) is 0 Å². The number of amides is 1. The van der Waals surface area contributed by atoms with Crippen LogP contribution in [-0.2, 0) is 11.3 Å². The highest BCUT2D eigenvalue weighted by atomic mass is 16.1. The monoisotopic (exact) mass is 243 g/mol. The van der Waals surface area contributed by atoms with Crippen LogP contribution in [0.1, 0.15) is 17.0 Å². The number of carbonyl (C=O) groups excluding carboxylic acids is 1. The Morgan fingerprint density at radius 3 is 2.50 bits per heavy atom. The number of imidazole rings is 1. The molecule has 0 bridgehead atoms. The number of rotatable bonds is 3. The van der Waals surface area contributed by atoms with Crippen LogP contribution in [0.2, 0.25) is 0 Å². The van der Waals surface area contributed by atoms with Gasteiger partial charge in [0.05, 0.1) is 0 Å². The summed E-state index contributed by atoms with van der Waals surface area (Å²) in [5.41, 5.74) is 3.05. The number of hydrogen-bond donors (Lipinski definition) is 1. The Bertz CT molecular complexity index is 552. The molecule has 2 rings (SSSR count). The van der Waals surface area contributed by atoms with E-state index in [4.69, 9.17) is 0 Å². The summed E-state index contributed by atoms with van der Waals surface area (Å²) < 4.78 is 1.82. The molecule has 0 saturated heterocycles. The molecule has 0 aliphatic carbocycles. The number of anilines is 1. The van der Waals surface area contributed by atoms with E-state index in [0.29, 0.717) is 6.54 Å². The van der Waals surface area contributed by atoms with Crippen LogP contribution in [0, 0.1) is 20.8 Å². The highest BCUT2D eigenvalue weighted by Gasteiger charge is 2.08. The van der Waals surface area contributed by atoms with Crippen LogP contribution in [-0.4, -0.2) is 15.5 Å². The fourth-order valence-electron chi connectivity index (χ4n) is 1.92. The minimum absolute atomic E-state index is 0.0338. The first kappa shape index (κ1) is 12.4. The number of nitrogens with zero attached hydrogens (tertiary/aromatic N) is 2. The van der Waals surface area contributed by atoms with Gasteiger partial charge >= 0.3 is 0 Å². The smallest absolute Gasteiger partial charge is 0.244 e. The average molecular weight is 243 g/mol. The molecule has 2 aromatic rings. The lowest BCUT2D eigenvalue weighted by molar-refractivity contribution is -0.116. The van der Waals surface area contributed by atoms with Crippen molar-refractivity contribution in [3.8, 4) is 0 Å². The SMILES string of the molecule is Cc1cccc(C)c1NC(=O)Cn1ccnc1C. The van der Waals surface area contributed by atoms with Gasteiger partial charge in [0.2, 0.25) is 5.91 Å². The summed E-state index contributed by atoms with van der Waals surface area (Å²) in [5, 5.41) is 2.96. The minimum atomic E-state index is -0.0338. The van der Waals surface area contributed by atoms with Crippen LogP contribution < -0.4 is 5.32 Å². The molecule has 0 aliphatic rings. The van der Waals surface area contributed by atoms with E-state index in [1.54, 1.807) is 12.4 Å². The third kappa shape index (κ3) is 2.59. The molecule has 4 nitrogen and oxygen atoms in total. The first-order chi connectivity index (χ1) is 8.58. The van der Waals surface area contributed by atoms with Crippen LogP contribution in [0.3, 0.4) is 0 Å². The first-order valence-electron chi connectivity index (χ1n) is 5.91. The molecule has 1 N–H and O–H groups in total. The van der Waals surface area contributed by atoms with Crippen molar-refractivity contribution in [2.45, 2.75) is 27.3 Å². The van der Waals surface area contributed by atoms with Gasteiger partial charge < -0.3 is 9.88 Å². The Kier molecular flexibility index (Phi) is 3.46. The third-order valence-corrected chi connectivity index (χ3v) is 2.98. The Balaban J connectivity index is 2.10. The summed E-state index contributed by atoms with van der Waals surface area (Å²) in [6.45, 7) is 6.15. The van der Waals surface area contributed by atoms with Crippen LogP contribution >= 0.6 is 0 Å². The molecule has 0 saturated carbocycles. The standard InChI is InChI=1S/C14H17N3O/c1-10-5-4-6-11(2)14(10)16-13(18)9-17-8-7-15-12(17)3/h4-8H,9H2,1-3H3,(H,16,18). The fourth-order valence-corrected chi connectivity index (χ4v) is 1.92. The Morgan fingerprint density at radius 1 is 1.28 bits per heavy atom. The number of para-hydroxylation sites is 1. The molecule has 18 heavy (non-hydrogen) atoms. The number of aromatic nitrogens is 2. The van der Waals surface area contributed by atoms with E-state index in [2.05, 4.69) is 10.3 Å². The summed E-state index contributed by atoms with van der Waals surface area (Å²) in [7, 11) is 0. The third-order valence-electron chi connectivity index (χ3n) is 2.98. The molecule has 94 valence electrons. The molecule has 0 atom stereocenters. The lowest BCUT2D eigenvalue weighted by Crippen LogP contribution is -2.20. The van der Waals surface area contributed by atoms with Gasteiger partial charge in [-0.25, -0.2) is 4.98 Å². The highest BCUT2D eigenvalue weighted by molar-refractivity contribution is 5.92. The van der Waals surface area contributed by atoms with Gasteiger partial charge in [-0.15, -0.1) is 0 Å². The summed E-state index contributed by atoms with van der Waals surface area (Å²) in [5.74, 6) is 0.806. The van der Waals surface area contributed by atoms with E-state index in [9.17, 15) is 4.79 Å². The lowest BCUT2D eigenvalue weighted by atomic mass is 10.1. The molecule has 0 fully saturated rings. The lowest BCUT2D eigenvalue weighted by Gasteiger charge is -2.12. The number of benzene rings is 1. The van der Waals surface area contributed by atoms with Gasteiger partial charge in [0.1, 0.15) is 12.4 Å². The topological polar surface area (TPSA) is 46.9 Å². The molecule has 1 amide bonds. The molecule has 0 aliphatic heterocycles. The van der Waals surface area contributed by atoms with Gasteiger partial charge in [-0.1, -0.05) is 18.2 Å². The molecule has 1 aromatic heterocycles. The quantitative estimate of drug-likeness (QED) is 0.900. The minimum Gasteiger partial charge on any atom is -0.326 e. The van der Waals surface area contributed by atoms with Gasteiger partial charge in [0, 0.05) is 18.1 Å². The summed E-state index contributed by atoms with van der Waals surface area (Å²) in [6, 6.07) is 5.97. The van der Waals surface area contributed by atoms with Gasteiger partial charge in [0.15, 0.2) is 0 Å². The van der Waals surface area contributed by atoms with Crippen molar-refractivity contribution in [2.75, 3.05) is 5.32 Å². The van der Waals surface area contributed by atoms with Crippen molar-refractivity contribution in [3.05, 3.63) is 47.5 Å². The van der Waals surface area contributed by atoms with E-state index in [0.717, 1.165) is 22.6 Å². The van der Waals surface area contributed by atoms with E-state index >= 15 is 0 Å². The maximum atomic E-state index is 12.0. The second-order valence-corrected chi connectivity index (χ2v) is 4.42. The van der Waals surface area contributed by atoms with Crippen LogP contribution in [0.4, 0.5) is 5.69 Å². The van der Waals surface area contributed by atoms with Crippen molar-refractivity contribution in [1.29, 1.82) is 0 Å². The predicted molar refractivity (Wildman–Crippen MR) is 71.5 cm³/mol. The molecule has 1 heterocycles. The largest absolute Gasteiger partial charge is 0.326 e. The van der Waals surface area contributed by atoms with Crippen molar-refractivity contribution in [1.82, 2.24) is 9.55 Å². The normalized spacial score (nSPS) is 10.4. The van der Waals surface area contributed by atoms with E-state index in [-0.39, 0.29) is 5.91 Å². The fraction of sp³-hybridized carbons (Fsp3) is 0.286. The first-order valence-corrected chi connectivity index (χ1v) is 5.91. The number of hydrogen-bond acceptors (Lipinski definition) is 2. The zero-order chi connectivity index (χ0) is 13.1. The van der Waals surface area contributed by atoms with E-state index < -0.39 is 0 Å². The molecular formula is C14H17N3O. The van der Waals surface area contributed by atoms with Crippen LogP contribution in [0.15, 0.2) is 30.6 Å². The average Bonchev–Trinajstić information content (AvgIpc) is 2.70. The van der Waals surface area contributed by atoms with Crippen molar-refractivity contribution in [3.63, 3.8) is 0 Å². The van der Waals surface area contributed by atoms with Gasteiger partial charge in [-0.05, 0) is 31.9 Å². The number of carbonyl (C=O) groups is 1. The van der Waals surface area contributed by atoms with Gasteiger partial charge in [0.25, 0.3) is 0 Å². The number of nitrogens with one attached hydrogen (secondary N) is 1. The van der Waals surface area contributed by atoms with E-state index in [1.165, 1.54) is 0 Å². The molecule has 0 spiro atoms. The maximum absolute atomic E-state index is 12.0. The Labute approximate surface area is 107 Å². The molecule has 1 aromatic carbocycles. The molecule has 0 radical (unpaired) electrons. The molecular weight excluding hydrogens is 226 g/mol. The summed E-state index contributed by atoms with van der Waals surface area (Å²) in [4.78, 5) is 16.1. The Morgan fingerprint density at radius 2 is 1.94 bits per heavy atom. The highest BCUT2D eigenvalue weighted by Crippen LogP contribution is 2.19. The molecule has 0 unspecified atom stereocenters. The second-order valence-electron chi connectivity index (χ2n) is 4.42. The van der Waals surface area contributed by atoms with Crippen molar-refractivity contribution < 1.29 is 4.79 Å². The van der Waals surface area contributed by atoms with Crippen molar-refractivity contribution >= 4 is 11.6 Å².